The molecule has 0 atom stereocenters. The predicted molar refractivity (Wildman–Crippen MR) is 70.5 cm³/mol. The Morgan fingerprint density at radius 2 is 1.77 bits per heavy atom. The van der Waals surface area contributed by atoms with Crippen molar-refractivity contribution in [3.8, 4) is 5.75 Å². The molecule has 0 fully saturated rings. The van der Waals surface area contributed by atoms with E-state index in [4.69, 9.17) is 5.11 Å². The fraction of sp³-hybridized carbons (Fsp3) is 0.385. The number of para-hydroxylation sites is 1. The molecule has 0 aromatic heterocycles. The van der Waals surface area contributed by atoms with Crippen LogP contribution in [-0.2, 0) is 11.2 Å². The lowest BCUT2D eigenvalue weighted by Gasteiger charge is -2.13. The third-order valence-corrected chi connectivity index (χ3v) is 2.50. The van der Waals surface area contributed by atoms with E-state index >= 15 is 0 Å². The van der Waals surface area contributed by atoms with Crippen LogP contribution in [0.5, 0.6) is 5.75 Å². The van der Waals surface area contributed by atoms with Gasteiger partial charge in [0.1, 0.15) is 5.75 Å². The molecule has 2 amide bonds. The van der Waals surface area contributed by atoms with Gasteiger partial charge in [-0.1, -0.05) is 18.2 Å². The highest BCUT2D eigenvalue weighted by molar-refractivity contribution is 5.74. The number of rotatable bonds is 7. The van der Waals surface area contributed by atoms with Gasteiger partial charge in [-0.25, -0.2) is 4.79 Å². The van der Waals surface area contributed by atoms with Gasteiger partial charge < -0.3 is 20.5 Å². The van der Waals surface area contributed by atoms with E-state index in [1.807, 2.05) is 0 Å². The molecule has 0 saturated heterocycles. The minimum Gasteiger partial charge on any atom is -0.481 e. The Balaban J connectivity index is 2.41. The molecule has 0 aliphatic rings. The van der Waals surface area contributed by atoms with Crippen LogP contribution in [0.3, 0.4) is 0 Å². The first-order chi connectivity index (χ1) is 10.3. The zero-order chi connectivity index (χ0) is 16.6. The summed E-state index contributed by atoms with van der Waals surface area (Å²) in [6.07, 6.45) is -4.86. The molecule has 0 aliphatic carbocycles. The fourth-order valence-electron chi connectivity index (χ4n) is 1.59. The summed E-state index contributed by atoms with van der Waals surface area (Å²) in [7, 11) is 0. The van der Waals surface area contributed by atoms with Gasteiger partial charge in [-0.2, -0.15) is 0 Å². The summed E-state index contributed by atoms with van der Waals surface area (Å²) in [4.78, 5) is 21.6. The van der Waals surface area contributed by atoms with Gasteiger partial charge in [0.05, 0.1) is 6.42 Å². The Kier molecular flexibility index (Phi) is 6.48. The van der Waals surface area contributed by atoms with Gasteiger partial charge in [0.2, 0.25) is 0 Å². The van der Waals surface area contributed by atoms with Gasteiger partial charge in [0.15, 0.2) is 0 Å². The summed E-state index contributed by atoms with van der Waals surface area (Å²) < 4.78 is 40.6. The molecule has 0 heterocycles. The maximum Gasteiger partial charge on any atom is 0.573 e. The molecule has 0 spiro atoms. The molecule has 0 unspecified atom stereocenters. The molecule has 6 nitrogen and oxygen atoms in total. The number of carboxylic acid groups (broad SMARTS) is 1. The Hall–Kier alpha value is -2.45. The van der Waals surface area contributed by atoms with Gasteiger partial charge in [-0.15, -0.1) is 13.2 Å². The minimum atomic E-state index is -4.78. The number of urea groups is 1. The number of hydrogen-bond donors (Lipinski definition) is 3. The summed E-state index contributed by atoms with van der Waals surface area (Å²) >= 11 is 0. The highest BCUT2D eigenvalue weighted by Crippen LogP contribution is 2.26. The average Bonchev–Trinajstić information content (AvgIpc) is 2.38. The van der Waals surface area contributed by atoms with Crippen LogP contribution in [0.2, 0.25) is 0 Å². The topological polar surface area (TPSA) is 87.7 Å². The number of halogens is 3. The van der Waals surface area contributed by atoms with Crippen molar-refractivity contribution in [3.05, 3.63) is 29.8 Å². The van der Waals surface area contributed by atoms with E-state index < -0.39 is 18.4 Å². The first kappa shape index (κ1) is 17.6. The lowest BCUT2D eigenvalue weighted by atomic mass is 10.1. The average molecular weight is 320 g/mol. The van der Waals surface area contributed by atoms with E-state index in [0.717, 1.165) is 0 Å². The highest BCUT2D eigenvalue weighted by atomic mass is 19.4. The van der Waals surface area contributed by atoms with Crippen LogP contribution in [0.25, 0.3) is 0 Å². The number of aliphatic carboxylic acids is 1. The maximum atomic E-state index is 12.2. The van der Waals surface area contributed by atoms with E-state index in [0.29, 0.717) is 5.56 Å². The normalized spacial score (nSPS) is 10.9. The molecular weight excluding hydrogens is 305 g/mol. The van der Waals surface area contributed by atoms with Gasteiger partial charge in [-0.3, -0.25) is 4.79 Å². The highest BCUT2D eigenvalue weighted by Gasteiger charge is 2.31. The van der Waals surface area contributed by atoms with Crippen LogP contribution in [-0.4, -0.2) is 36.6 Å². The minimum absolute atomic E-state index is 0.0328. The van der Waals surface area contributed by atoms with E-state index in [1.165, 1.54) is 18.2 Å². The number of benzene rings is 1. The number of carbonyl (C=O) groups excluding carboxylic acids is 1. The second-order valence-corrected chi connectivity index (χ2v) is 4.23. The quantitative estimate of drug-likeness (QED) is 0.716. The maximum absolute atomic E-state index is 12.2. The number of nitrogens with one attached hydrogen (secondary N) is 2. The standard InChI is InChI=1S/C13H15F3N2O4/c14-13(15,16)22-10-4-2-1-3-9(10)5-7-17-12(21)18-8-6-11(19)20/h1-4H,5-8H2,(H,19,20)(H2,17,18,21). The molecule has 0 aliphatic heterocycles. The second kappa shape index (κ2) is 8.11. The van der Waals surface area contributed by atoms with Crippen molar-refractivity contribution in [2.45, 2.75) is 19.2 Å². The van der Waals surface area contributed by atoms with Crippen molar-refractivity contribution in [1.29, 1.82) is 0 Å². The van der Waals surface area contributed by atoms with Crippen LogP contribution in [0.1, 0.15) is 12.0 Å². The summed E-state index contributed by atoms with van der Waals surface area (Å²) in [5.74, 6) is -1.36. The number of hydrogen-bond acceptors (Lipinski definition) is 3. The monoisotopic (exact) mass is 320 g/mol. The molecule has 0 bridgehead atoms. The summed E-state index contributed by atoms with van der Waals surface area (Å²) in [5, 5.41) is 13.1. The molecule has 1 aromatic rings. The van der Waals surface area contributed by atoms with Gasteiger partial charge in [-0.05, 0) is 18.1 Å². The van der Waals surface area contributed by atoms with Crippen LogP contribution >= 0.6 is 0 Å². The van der Waals surface area contributed by atoms with Gasteiger partial charge >= 0.3 is 18.4 Å². The first-order valence-corrected chi connectivity index (χ1v) is 6.35. The fourth-order valence-corrected chi connectivity index (χ4v) is 1.59. The van der Waals surface area contributed by atoms with Gasteiger partial charge in [0.25, 0.3) is 0 Å². The van der Waals surface area contributed by atoms with E-state index in [9.17, 15) is 22.8 Å². The number of carbonyl (C=O) groups is 2. The number of amides is 2. The molecule has 22 heavy (non-hydrogen) atoms. The van der Waals surface area contributed by atoms with E-state index in [-0.39, 0.29) is 31.7 Å². The molecule has 0 saturated carbocycles. The lowest BCUT2D eigenvalue weighted by Crippen LogP contribution is -2.37. The number of alkyl halides is 3. The second-order valence-electron chi connectivity index (χ2n) is 4.23. The van der Waals surface area contributed by atoms with Crippen molar-refractivity contribution in [2.24, 2.45) is 0 Å². The summed E-state index contributed by atoms with van der Waals surface area (Å²) in [5.41, 5.74) is 0.297. The van der Waals surface area contributed by atoms with Crippen LogP contribution in [0.4, 0.5) is 18.0 Å². The molecule has 1 aromatic carbocycles. The molecule has 0 radical (unpaired) electrons. The Bertz CT molecular complexity index is 520. The first-order valence-electron chi connectivity index (χ1n) is 6.35. The van der Waals surface area contributed by atoms with Crippen LogP contribution in [0, 0.1) is 0 Å². The number of ether oxygens (including phenoxy) is 1. The van der Waals surface area contributed by atoms with Crippen LogP contribution < -0.4 is 15.4 Å². The predicted octanol–water partition coefficient (Wildman–Crippen LogP) is 1.90. The van der Waals surface area contributed by atoms with Crippen molar-refractivity contribution in [3.63, 3.8) is 0 Å². The van der Waals surface area contributed by atoms with Crippen molar-refractivity contribution >= 4 is 12.0 Å². The third kappa shape index (κ3) is 7.36. The SMILES string of the molecule is O=C(O)CCNC(=O)NCCc1ccccc1OC(F)(F)F. The summed E-state index contributed by atoms with van der Waals surface area (Å²) in [6.45, 7) is 0.0477. The number of carboxylic acids is 1. The van der Waals surface area contributed by atoms with E-state index in [1.54, 1.807) is 6.07 Å². The molecule has 9 heteroatoms. The Labute approximate surface area is 124 Å². The van der Waals surface area contributed by atoms with Crippen LogP contribution in [0.15, 0.2) is 24.3 Å². The Morgan fingerprint density at radius 1 is 1.14 bits per heavy atom. The molecule has 3 N–H and O–H groups in total. The zero-order valence-corrected chi connectivity index (χ0v) is 11.4. The largest absolute Gasteiger partial charge is 0.573 e. The lowest BCUT2D eigenvalue weighted by molar-refractivity contribution is -0.274. The van der Waals surface area contributed by atoms with Crippen molar-refractivity contribution < 1.29 is 32.6 Å². The van der Waals surface area contributed by atoms with Crippen molar-refractivity contribution in [1.82, 2.24) is 10.6 Å². The third-order valence-electron chi connectivity index (χ3n) is 2.50. The molecule has 122 valence electrons. The summed E-state index contributed by atoms with van der Waals surface area (Å²) in [6, 6.07) is 5.04. The molecule has 1 rings (SSSR count). The smallest absolute Gasteiger partial charge is 0.481 e. The molecular formula is C13H15F3N2O4. The van der Waals surface area contributed by atoms with E-state index in [2.05, 4.69) is 15.4 Å². The zero-order valence-electron chi connectivity index (χ0n) is 11.4. The van der Waals surface area contributed by atoms with Gasteiger partial charge in [0, 0.05) is 13.1 Å². The van der Waals surface area contributed by atoms with Crippen molar-refractivity contribution in [2.75, 3.05) is 13.1 Å². The Morgan fingerprint density at radius 3 is 2.41 bits per heavy atom.